The number of pyridine rings is 1. The van der Waals surface area contributed by atoms with Crippen LogP contribution in [0.2, 0.25) is 0 Å². The van der Waals surface area contributed by atoms with Gasteiger partial charge in [-0.15, -0.1) is 0 Å². The number of para-hydroxylation sites is 1. The van der Waals surface area contributed by atoms with Crippen LogP contribution in [-0.2, 0) is 5.41 Å². The third kappa shape index (κ3) is 2.98. The molecule has 1 nitrogen and oxygen atoms in total. The van der Waals surface area contributed by atoms with E-state index in [1.54, 1.807) is 0 Å². The summed E-state index contributed by atoms with van der Waals surface area (Å²) in [7, 11) is 0. The van der Waals surface area contributed by atoms with Crippen LogP contribution in [0.4, 0.5) is 0 Å². The van der Waals surface area contributed by atoms with Gasteiger partial charge in [-0.25, -0.2) is 0 Å². The van der Waals surface area contributed by atoms with E-state index in [4.69, 9.17) is 4.98 Å². The van der Waals surface area contributed by atoms with Crippen molar-refractivity contribution in [3.63, 3.8) is 0 Å². The second-order valence-electron chi connectivity index (χ2n) is 9.78. The highest BCUT2D eigenvalue weighted by atomic mass is 14.7. The molecule has 1 heterocycles. The van der Waals surface area contributed by atoms with E-state index in [9.17, 15) is 0 Å². The Bertz CT molecular complexity index is 1720. The van der Waals surface area contributed by atoms with Gasteiger partial charge in [-0.2, -0.15) is 0 Å². The minimum Gasteiger partial charge on any atom is -0.256 e. The summed E-state index contributed by atoms with van der Waals surface area (Å²) in [4.78, 5) is 4.87. The van der Waals surface area contributed by atoms with Crippen molar-refractivity contribution < 1.29 is 0 Å². The topological polar surface area (TPSA) is 12.9 Å². The molecule has 2 aliphatic carbocycles. The molecule has 0 bridgehead atoms. The summed E-state index contributed by atoms with van der Waals surface area (Å²) in [6.07, 6.45) is 11.2. The third-order valence-corrected chi connectivity index (χ3v) is 7.92. The van der Waals surface area contributed by atoms with Gasteiger partial charge in [0.2, 0.25) is 0 Å². The van der Waals surface area contributed by atoms with Gasteiger partial charge in [0.05, 0.1) is 5.52 Å². The monoisotopic (exact) mass is 447 g/mol. The number of rotatable bonds is 2. The largest absolute Gasteiger partial charge is 0.256 e. The zero-order valence-corrected chi connectivity index (χ0v) is 19.6. The van der Waals surface area contributed by atoms with E-state index in [2.05, 4.69) is 134 Å². The third-order valence-electron chi connectivity index (χ3n) is 7.92. The lowest BCUT2D eigenvalue weighted by atomic mass is 9.58. The summed E-state index contributed by atoms with van der Waals surface area (Å²) >= 11 is 0. The molecule has 2 unspecified atom stereocenters. The van der Waals surface area contributed by atoms with Gasteiger partial charge in [0, 0.05) is 22.9 Å². The lowest BCUT2D eigenvalue weighted by molar-refractivity contribution is 0.462. The van der Waals surface area contributed by atoms with Crippen molar-refractivity contribution >= 4 is 27.2 Å². The first-order valence-corrected chi connectivity index (χ1v) is 12.3. The molecule has 0 N–H and O–H groups in total. The Hall–Kier alpha value is -4.23. The molecule has 7 rings (SSSR count). The molecule has 0 amide bonds. The van der Waals surface area contributed by atoms with E-state index in [0.29, 0.717) is 0 Å². The zero-order valence-electron chi connectivity index (χ0n) is 19.6. The lowest BCUT2D eigenvalue weighted by Gasteiger charge is -2.45. The van der Waals surface area contributed by atoms with Crippen molar-refractivity contribution in [1.82, 2.24) is 4.98 Å². The minimum absolute atomic E-state index is 0.215. The van der Waals surface area contributed by atoms with E-state index in [-0.39, 0.29) is 11.3 Å². The van der Waals surface area contributed by atoms with Crippen LogP contribution in [0.25, 0.3) is 27.2 Å². The lowest BCUT2D eigenvalue weighted by Crippen LogP contribution is -2.38. The number of benzene rings is 4. The van der Waals surface area contributed by atoms with Crippen LogP contribution in [0, 0.1) is 5.92 Å². The van der Waals surface area contributed by atoms with E-state index in [0.717, 1.165) is 5.52 Å². The average molecular weight is 448 g/mol. The van der Waals surface area contributed by atoms with Crippen molar-refractivity contribution in [3.8, 4) is 0 Å². The molecular weight excluding hydrogens is 422 g/mol. The molecule has 5 aromatic rings. The fourth-order valence-corrected chi connectivity index (χ4v) is 6.12. The van der Waals surface area contributed by atoms with E-state index in [1.807, 2.05) is 0 Å². The predicted octanol–water partition coefficient (Wildman–Crippen LogP) is 8.25. The Morgan fingerprint density at radius 1 is 0.714 bits per heavy atom. The quantitative estimate of drug-likeness (QED) is 0.265. The fraction of sp³-hybridized carbons (Fsp3) is 0.0882. The average Bonchev–Trinajstić information content (AvgIpc) is 2.93. The van der Waals surface area contributed by atoms with E-state index >= 15 is 0 Å². The molecule has 35 heavy (non-hydrogen) atoms. The van der Waals surface area contributed by atoms with Crippen LogP contribution in [0.1, 0.15) is 29.2 Å². The first kappa shape index (κ1) is 20.2. The minimum atomic E-state index is -0.232. The molecule has 2 atom stereocenters. The number of nitrogens with zero attached hydrogens (tertiary/aromatic N) is 1. The van der Waals surface area contributed by atoms with Crippen molar-refractivity contribution in [2.75, 3.05) is 0 Å². The van der Waals surface area contributed by atoms with Gasteiger partial charge in [0.1, 0.15) is 0 Å². The normalized spacial score (nSPS) is 20.8. The van der Waals surface area contributed by atoms with E-state index in [1.165, 1.54) is 49.6 Å². The van der Waals surface area contributed by atoms with Gasteiger partial charge < -0.3 is 0 Å². The Morgan fingerprint density at radius 2 is 1.49 bits per heavy atom. The van der Waals surface area contributed by atoms with Crippen molar-refractivity contribution in [3.05, 3.63) is 155 Å². The predicted molar refractivity (Wildman–Crippen MR) is 146 cm³/mol. The molecule has 0 aliphatic heterocycles. The molecule has 4 aromatic carbocycles. The standard InChI is InChI=1S/C34H25N/c1-34(27-21-25-12-4-9-17-32(25)35-22-27)30-15-7-5-13-28(30)33(29-14-6-8-16-31(29)34)26-19-18-23-10-2-3-11-24(23)20-26/h2-22,30H,1H3. The van der Waals surface area contributed by atoms with Gasteiger partial charge in [-0.1, -0.05) is 110 Å². The summed E-state index contributed by atoms with van der Waals surface area (Å²) in [5.41, 5.74) is 8.71. The van der Waals surface area contributed by atoms with Crippen LogP contribution >= 0.6 is 0 Å². The number of allylic oxidation sites excluding steroid dienone is 5. The van der Waals surface area contributed by atoms with Crippen molar-refractivity contribution in [2.45, 2.75) is 12.3 Å². The molecule has 0 saturated carbocycles. The Morgan fingerprint density at radius 3 is 2.40 bits per heavy atom. The van der Waals surface area contributed by atoms with E-state index < -0.39 is 0 Å². The number of fused-ring (bicyclic) bond motifs is 4. The fourth-order valence-electron chi connectivity index (χ4n) is 6.12. The molecule has 0 radical (unpaired) electrons. The molecule has 2 aliphatic rings. The Labute approximate surface area is 205 Å². The van der Waals surface area contributed by atoms with Gasteiger partial charge in [0.25, 0.3) is 0 Å². The maximum atomic E-state index is 4.87. The molecule has 0 spiro atoms. The van der Waals surface area contributed by atoms with Gasteiger partial charge >= 0.3 is 0 Å². The van der Waals surface area contributed by atoms with Crippen LogP contribution in [0.5, 0.6) is 0 Å². The zero-order chi connectivity index (χ0) is 23.4. The van der Waals surface area contributed by atoms with Crippen molar-refractivity contribution in [2.24, 2.45) is 5.92 Å². The molecule has 0 fully saturated rings. The number of aromatic nitrogens is 1. The maximum absolute atomic E-state index is 4.87. The SMILES string of the molecule is CC1(c2cnc3ccccc3c2)c2ccccc2C(c2ccc3ccccc3c2)=C2C=CC=CC21. The van der Waals surface area contributed by atoms with Gasteiger partial charge in [-0.3, -0.25) is 4.98 Å². The first-order valence-electron chi connectivity index (χ1n) is 12.3. The van der Waals surface area contributed by atoms with Crippen LogP contribution < -0.4 is 0 Å². The van der Waals surface area contributed by atoms with Crippen LogP contribution in [-0.4, -0.2) is 4.98 Å². The smallest absolute Gasteiger partial charge is 0.0702 e. The van der Waals surface area contributed by atoms with Crippen molar-refractivity contribution in [1.29, 1.82) is 0 Å². The maximum Gasteiger partial charge on any atom is 0.0702 e. The Balaban J connectivity index is 1.52. The van der Waals surface area contributed by atoms with Gasteiger partial charge in [0.15, 0.2) is 0 Å². The highest BCUT2D eigenvalue weighted by molar-refractivity contribution is 5.94. The summed E-state index contributed by atoms with van der Waals surface area (Å²) in [5.74, 6) is 0.215. The highest BCUT2D eigenvalue weighted by Crippen LogP contribution is 2.53. The first-order chi connectivity index (χ1) is 17.2. The number of hydrogen-bond acceptors (Lipinski definition) is 1. The summed E-state index contributed by atoms with van der Waals surface area (Å²) in [6.45, 7) is 2.39. The molecular formula is C34H25N. The second-order valence-corrected chi connectivity index (χ2v) is 9.78. The molecule has 166 valence electrons. The molecule has 1 aromatic heterocycles. The molecule has 0 saturated heterocycles. The summed E-state index contributed by atoms with van der Waals surface area (Å²) in [5, 5.41) is 3.73. The van der Waals surface area contributed by atoms with Crippen LogP contribution in [0.15, 0.2) is 133 Å². The number of hydrogen-bond donors (Lipinski definition) is 0. The van der Waals surface area contributed by atoms with Gasteiger partial charge in [-0.05, 0) is 62.4 Å². The summed E-state index contributed by atoms with van der Waals surface area (Å²) < 4.78 is 0. The second kappa shape index (κ2) is 7.65. The van der Waals surface area contributed by atoms with Crippen LogP contribution in [0.3, 0.4) is 0 Å². The molecule has 1 heteroatoms. The Kier molecular flexibility index (Phi) is 4.41. The highest BCUT2D eigenvalue weighted by Gasteiger charge is 2.44. The summed E-state index contributed by atoms with van der Waals surface area (Å²) in [6, 6.07) is 35.2.